The molecule has 1 N–H and O–H groups in total. The lowest BCUT2D eigenvalue weighted by Gasteiger charge is -2.32. The second-order valence-corrected chi connectivity index (χ2v) is 7.01. The van der Waals surface area contributed by atoms with E-state index in [1.807, 2.05) is 12.1 Å². The minimum atomic E-state index is -0.366. The fraction of sp³-hybridized carbons (Fsp3) is 0.400. The molecule has 0 spiro atoms. The number of hydrogen-bond donors (Lipinski definition) is 1. The molecule has 9 heteroatoms. The van der Waals surface area contributed by atoms with E-state index >= 15 is 0 Å². The number of benzene rings is 1. The molecule has 1 aromatic carbocycles. The van der Waals surface area contributed by atoms with Gasteiger partial charge < -0.3 is 15.0 Å². The third-order valence-corrected chi connectivity index (χ3v) is 5.16. The molecule has 0 bridgehead atoms. The van der Waals surface area contributed by atoms with Crippen LogP contribution in [0.1, 0.15) is 12.8 Å². The van der Waals surface area contributed by atoms with Gasteiger partial charge in [-0.3, -0.25) is 4.79 Å². The standard InChI is InChI=1S/C20H23FN6O2/c1-29-13-10-22-20(28)14-8-11-26(12-9-14)18-7-6-17-23-24-19(27(17)25-18)15-4-2-3-5-16(15)21/h2-7,14H,8-13H2,1H3,(H,22,28). The Morgan fingerprint density at radius 3 is 2.76 bits per heavy atom. The highest BCUT2D eigenvalue weighted by Crippen LogP contribution is 2.25. The number of rotatable bonds is 6. The van der Waals surface area contributed by atoms with Crippen molar-refractivity contribution < 1.29 is 13.9 Å². The van der Waals surface area contributed by atoms with Gasteiger partial charge in [-0.1, -0.05) is 12.1 Å². The van der Waals surface area contributed by atoms with Gasteiger partial charge in [-0.15, -0.1) is 15.3 Å². The number of aromatic nitrogens is 4. The minimum absolute atomic E-state index is 0.00396. The zero-order chi connectivity index (χ0) is 20.2. The molecule has 2 aromatic heterocycles. The van der Waals surface area contributed by atoms with Crippen LogP contribution in [0.15, 0.2) is 36.4 Å². The van der Waals surface area contributed by atoms with E-state index in [9.17, 15) is 9.18 Å². The van der Waals surface area contributed by atoms with Gasteiger partial charge in [0.2, 0.25) is 5.91 Å². The molecule has 1 aliphatic rings. The van der Waals surface area contributed by atoms with Crippen LogP contribution in [0.5, 0.6) is 0 Å². The van der Waals surface area contributed by atoms with Crippen LogP contribution in [0.2, 0.25) is 0 Å². The molecule has 0 atom stereocenters. The summed E-state index contributed by atoms with van der Waals surface area (Å²) in [5, 5.41) is 15.8. The zero-order valence-electron chi connectivity index (χ0n) is 16.2. The molecule has 152 valence electrons. The van der Waals surface area contributed by atoms with E-state index in [4.69, 9.17) is 4.74 Å². The summed E-state index contributed by atoms with van der Waals surface area (Å²) >= 11 is 0. The van der Waals surface area contributed by atoms with Gasteiger partial charge in [0.1, 0.15) is 11.6 Å². The molecular weight excluding hydrogens is 375 g/mol. The summed E-state index contributed by atoms with van der Waals surface area (Å²) in [6.07, 6.45) is 1.50. The first kappa shape index (κ1) is 19.3. The van der Waals surface area contributed by atoms with Gasteiger partial charge in [0.25, 0.3) is 0 Å². The molecule has 0 aliphatic carbocycles. The van der Waals surface area contributed by atoms with Gasteiger partial charge in [-0.25, -0.2) is 4.39 Å². The summed E-state index contributed by atoms with van der Waals surface area (Å²) in [5.41, 5.74) is 0.912. The van der Waals surface area contributed by atoms with Crippen LogP contribution in [-0.2, 0) is 9.53 Å². The molecule has 29 heavy (non-hydrogen) atoms. The number of ether oxygens (including phenoxy) is 1. The van der Waals surface area contributed by atoms with Gasteiger partial charge in [0, 0.05) is 32.7 Å². The van der Waals surface area contributed by atoms with Crippen molar-refractivity contribution in [3.05, 3.63) is 42.2 Å². The van der Waals surface area contributed by atoms with Crippen molar-refractivity contribution in [3.63, 3.8) is 0 Å². The lowest BCUT2D eigenvalue weighted by Crippen LogP contribution is -2.41. The number of nitrogens with zero attached hydrogens (tertiary/aromatic N) is 5. The number of halogens is 1. The summed E-state index contributed by atoms with van der Waals surface area (Å²) in [4.78, 5) is 14.4. The van der Waals surface area contributed by atoms with Crippen LogP contribution in [0.25, 0.3) is 17.0 Å². The van der Waals surface area contributed by atoms with Crippen molar-refractivity contribution in [3.8, 4) is 11.4 Å². The molecule has 1 aliphatic heterocycles. The molecule has 3 heterocycles. The SMILES string of the molecule is COCCNC(=O)C1CCN(c2ccc3nnc(-c4ccccc4F)n3n2)CC1. The maximum absolute atomic E-state index is 14.2. The molecular formula is C20H23FN6O2. The number of piperidine rings is 1. The van der Waals surface area contributed by atoms with E-state index in [1.54, 1.807) is 29.8 Å². The van der Waals surface area contributed by atoms with E-state index in [2.05, 4.69) is 25.5 Å². The number of amides is 1. The maximum atomic E-state index is 14.2. The lowest BCUT2D eigenvalue weighted by molar-refractivity contribution is -0.125. The number of hydrogen-bond acceptors (Lipinski definition) is 6. The number of fused-ring (bicyclic) bond motifs is 1. The van der Waals surface area contributed by atoms with Crippen LogP contribution < -0.4 is 10.2 Å². The predicted molar refractivity (Wildman–Crippen MR) is 106 cm³/mol. The zero-order valence-corrected chi connectivity index (χ0v) is 16.2. The van der Waals surface area contributed by atoms with E-state index in [0.717, 1.165) is 31.7 Å². The quantitative estimate of drug-likeness (QED) is 0.639. The highest BCUT2D eigenvalue weighted by molar-refractivity contribution is 5.79. The predicted octanol–water partition coefficient (Wildman–Crippen LogP) is 1.91. The highest BCUT2D eigenvalue weighted by atomic mass is 19.1. The maximum Gasteiger partial charge on any atom is 0.223 e. The Morgan fingerprint density at radius 2 is 2.00 bits per heavy atom. The Labute approximate surface area is 167 Å². The Hall–Kier alpha value is -3.07. The summed E-state index contributed by atoms with van der Waals surface area (Å²) in [6.45, 7) is 2.48. The molecule has 0 saturated carbocycles. The van der Waals surface area contributed by atoms with E-state index in [0.29, 0.717) is 30.2 Å². The van der Waals surface area contributed by atoms with Crippen LogP contribution >= 0.6 is 0 Å². The van der Waals surface area contributed by atoms with Crippen molar-refractivity contribution >= 4 is 17.4 Å². The van der Waals surface area contributed by atoms with Crippen molar-refractivity contribution in [1.29, 1.82) is 0 Å². The van der Waals surface area contributed by atoms with Gasteiger partial charge >= 0.3 is 0 Å². The normalized spacial score (nSPS) is 15.0. The number of carbonyl (C=O) groups excluding carboxylic acids is 1. The summed E-state index contributed by atoms with van der Waals surface area (Å²) in [7, 11) is 1.61. The number of anilines is 1. The Balaban J connectivity index is 1.49. The Bertz CT molecular complexity index is 1000. The number of carbonyl (C=O) groups is 1. The van der Waals surface area contributed by atoms with Gasteiger partial charge in [0.15, 0.2) is 11.5 Å². The summed E-state index contributed by atoms with van der Waals surface area (Å²) < 4.78 is 20.7. The molecule has 8 nitrogen and oxygen atoms in total. The number of nitrogens with one attached hydrogen (secondary N) is 1. The molecule has 1 fully saturated rings. The number of methoxy groups -OCH3 is 1. The largest absolute Gasteiger partial charge is 0.383 e. The molecule has 1 amide bonds. The van der Waals surface area contributed by atoms with Crippen LogP contribution in [-0.4, -0.2) is 59.1 Å². The summed E-state index contributed by atoms with van der Waals surface area (Å²) in [5.74, 6) is 0.830. The molecule has 1 saturated heterocycles. The molecule has 4 rings (SSSR count). The third-order valence-electron chi connectivity index (χ3n) is 5.16. The monoisotopic (exact) mass is 398 g/mol. The van der Waals surface area contributed by atoms with Gasteiger partial charge in [0.05, 0.1) is 12.2 Å². The van der Waals surface area contributed by atoms with E-state index in [1.165, 1.54) is 6.07 Å². The first-order valence-electron chi connectivity index (χ1n) is 9.66. The molecule has 0 unspecified atom stereocenters. The minimum Gasteiger partial charge on any atom is -0.383 e. The van der Waals surface area contributed by atoms with E-state index < -0.39 is 0 Å². The topological polar surface area (TPSA) is 84.6 Å². The van der Waals surface area contributed by atoms with Crippen molar-refractivity contribution in [2.45, 2.75) is 12.8 Å². The Morgan fingerprint density at radius 1 is 1.21 bits per heavy atom. The average Bonchev–Trinajstić information content (AvgIpc) is 3.17. The average molecular weight is 398 g/mol. The van der Waals surface area contributed by atoms with E-state index in [-0.39, 0.29) is 17.6 Å². The van der Waals surface area contributed by atoms with Crippen LogP contribution in [0, 0.1) is 11.7 Å². The Kier molecular flexibility index (Phi) is 5.66. The molecule has 0 radical (unpaired) electrons. The van der Waals surface area contributed by atoms with Crippen molar-refractivity contribution in [1.82, 2.24) is 25.1 Å². The first-order chi connectivity index (χ1) is 14.2. The van der Waals surface area contributed by atoms with Gasteiger partial charge in [-0.05, 0) is 37.1 Å². The third kappa shape index (κ3) is 4.04. The summed E-state index contributed by atoms with van der Waals surface area (Å²) in [6, 6.07) is 10.1. The van der Waals surface area contributed by atoms with Gasteiger partial charge in [-0.2, -0.15) is 4.52 Å². The lowest BCUT2D eigenvalue weighted by atomic mass is 9.96. The van der Waals surface area contributed by atoms with Crippen LogP contribution in [0.3, 0.4) is 0 Å². The van der Waals surface area contributed by atoms with Crippen LogP contribution in [0.4, 0.5) is 10.2 Å². The second kappa shape index (κ2) is 8.52. The fourth-order valence-corrected chi connectivity index (χ4v) is 3.55. The van der Waals surface area contributed by atoms with Crippen molar-refractivity contribution in [2.75, 3.05) is 38.3 Å². The highest BCUT2D eigenvalue weighted by Gasteiger charge is 2.26. The molecule has 3 aromatic rings. The smallest absolute Gasteiger partial charge is 0.223 e. The first-order valence-corrected chi connectivity index (χ1v) is 9.66. The fourth-order valence-electron chi connectivity index (χ4n) is 3.55. The van der Waals surface area contributed by atoms with Crippen molar-refractivity contribution in [2.24, 2.45) is 5.92 Å². The second-order valence-electron chi connectivity index (χ2n) is 7.01.